The van der Waals surface area contributed by atoms with Gasteiger partial charge >= 0.3 is 0 Å². The Morgan fingerprint density at radius 1 is 1.37 bits per heavy atom. The predicted octanol–water partition coefficient (Wildman–Crippen LogP) is 3.54. The first kappa shape index (κ1) is 13.7. The van der Waals surface area contributed by atoms with Crippen molar-refractivity contribution in [2.75, 3.05) is 6.54 Å². The van der Waals surface area contributed by atoms with Crippen LogP contribution in [0.15, 0.2) is 45.9 Å². The van der Waals surface area contributed by atoms with Gasteiger partial charge in [0, 0.05) is 17.0 Å². The minimum atomic E-state index is 0.00676. The molecule has 0 saturated heterocycles. The van der Waals surface area contributed by atoms with Crippen LogP contribution in [0.5, 0.6) is 0 Å². The predicted molar refractivity (Wildman–Crippen MR) is 77.6 cm³/mol. The van der Waals surface area contributed by atoms with E-state index in [-0.39, 0.29) is 5.91 Å². The second kappa shape index (κ2) is 5.97. The zero-order chi connectivity index (χ0) is 13.8. The second-order valence-corrected chi connectivity index (χ2v) is 4.91. The zero-order valence-electron chi connectivity index (χ0n) is 11.1. The molecule has 2 aromatic rings. The van der Waals surface area contributed by atoms with Gasteiger partial charge < -0.3 is 9.32 Å². The van der Waals surface area contributed by atoms with Crippen molar-refractivity contribution in [2.24, 2.45) is 0 Å². The van der Waals surface area contributed by atoms with Gasteiger partial charge in [0.15, 0.2) is 0 Å². The zero-order valence-corrected chi connectivity index (χ0v) is 12.0. The lowest BCUT2D eigenvalue weighted by atomic mass is 10.1. The van der Waals surface area contributed by atoms with E-state index in [4.69, 9.17) is 4.42 Å². The molecule has 0 unspecified atom stereocenters. The van der Waals surface area contributed by atoms with Crippen LogP contribution in [0.4, 0.5) is 0 Å². The van der Waals surface area contributed by atoms with Crippen LogP contribution in [0.3, 0.4) is 0 Å². The van der Waals surface area contributed by atoms with E-state index < -0.39 is 0 Å². The van der Waals surface area contributed by atoms with Gasteiger partial charge in [0.05, 0.1) is 12.8 Å². The van der Waals surface area contributed by atoms with Gasteiger partial charge in [0.2, 0.25) is 0 Å². The van der Waals surface area contributed by atoms with Gasteiger partial charge in [-0.3, -0.25) is 4.79 Å². The molecule has 1 amide bonds. The van der Waals surface area contributed by atoms with Crippen LogP contribution in [0, 0.1) is 6.92 Å². The summed E-state index contributed by atoms with van der Waals surface area (Å²) in [4.78, 5) is 15.1. The summed E-state index contributed by atoms with van der Waals surface area (Å²) >= 11 is 4.29. The van der Waals surface area contributed by atoms with E-state index in [2.05, 4.69) is 12.6 Å². The molecule has 0 fully saturated rings. The Morgan fingerprint density at radius 2 is 2.16 bits per heavy atom. The molecule has 2 rings (SSSR count). The van der Waals surface area contributed by atoms with E-state index in [0.29, 0.717) is 18.7 Å². The van der Waals surface area contributed by atoms with Gasteiger partial charge in [-0.05, 0) is 43.7 Å². The summed E-state index contributed by atoms with van der Waals surface area (Å²) in [5.74, 6) is 0.794. The van der Waals surface area contributed by atoms with Crippen LogP contribution in [-0.2, 0) is 6.54 Å². The average molecular weight is 275 g/mol. The number of carbonyl (C=O) groups excluding carboxylic acids is 1. The highest BCUT2D eigenvalue weighted by molar-refractivity contribution is 7.80. The summed E-state index contributed by atoms with van der Waals surface area (Å²) in [6.45, 7) is 5.01. The van der Waals surface area contributed by atoms with Crippen molar-refractivity contribution >= 4 is 18.5 Å². The summed E-state index contributed by atoms with van der Waals surface area (Å²) < 4.78 is 5.30. The SMILES string of the molecule is CCN(Cc1ccco1)C(=O)c1cc(S)ccc1C. The fourth-order valence-corrected chi connectivity index (χ4v) is 2.13. The molecule has 0 spiro atoms. The number of hydrogen-bond acceptors (Lipinski definition) is 3. The van der Waals surface area contributed by atoms with E-state index in [9.17, 15) is 4.79 Å². The lowest BCUT2D eigenvalue weighted by Gasteiger charge is -2.21. The van der Waals surface area contributed by atoms with Crippen molar-refractivity contribution < 1.29 is 9.21 Å². The Kier molecular flexibility index (Phi) is 4.32. The van der Waals surface area contributed by atoms with Gasteiger partial charge in [-0.2, -0.15) is 0 Å². The third-order valence-electron chi connectivity index (χ3n) is 3.05. The molecule has 19 heavy (non-hydrogen) atoms. The Bertz CT molecular complexity index is 564. The molecular weight excluding hydrogens is 258 g/mol. The summed E-state index contributed by atoms with van der Waals surface area (Å²) in [5.41, 5.74) is 1.65. The number of furan rings is 1. The molecule has 4 heteroatoms. The minimum Gasteiger partial charge on any atom is -0.467 e. The smallest absolute Gasteiger partial charge is 0.254 e. The van der Waals surface area contributed by atoms with Crippen molar-refractivity contribution in [1.29, 1.82) is 0 Å². The highest BCUT2D eigenvalue weighted by Crippen LogP contribution is 2.17. The Morgan fingerprint density at radius 3 is 2.79 bits per heavy atom. The van der Waals surface area contributed by atoms with Crippen LogP contribution in [0.25, 0.3) is 0 Å². The van der Waals surface area contributed by atoms with E-state index in [1.165, 1.54) is 0 Å². The molecular formula is C15H17NO2S. The quantitative estimate of drug-likeness (QED) is 0.866. The standard InChI is InChI=1S/C15H17NO2S/c1-3-16(10-12-5-4-8-18-12)15(17)14-9-13(19)7-6-11(14)2/h4-9,19H,3,10H2,1-2H3. The second-order valence-electron chi connectivity index (χ2n) is 4.40. The normalized spacial score (nSPS) is 10.5. The molecule has 0 N–H and O–H groups in total. The number of carbonyl (C=O) groups is 1. The van der Waals surface area contributed by atoms with Crippen molar-refractivity contribution in [2.45, 2.75) is 25.3 Å². The van der Waals surface area contributed by atoms with E-state index in [1.54, 1.807) is 11.2 Å². The number of rotatable bonds is 4. The average Bonchev–Trinajstić information content (AvgIpc) is 2.91. The summed E-state index contributed by atoms with van der Waals surface area (Å²) in [6, 6.07) is 9.31. The molecule has 1 aromatic carbocycles. The number of aryl methyl sites for hydroxylation is 1. The molecule has 0 aliphatic heterocycles. The first-order valence-electron chi connectivity index (χ1n) is 6.23. The maximum absolute atomic E-state index is 12.5. The molecule has 1 heterocycles. The largest absolute Gasteiger partial charge is 0.467 e. The Balaban J connectivity index is 2.23. The monoisotopic (exact) mass is 275 g/mol. The molecule has 0 aliphatic rings. The number of hydrogen-bond donors (Lipinski definition) is 1. The van der Waals surface area contributed by atoms with Crippen LogP contribution in [0.1, 0.15) is 28.6 Å². The number of benzene rings is 1. The maximum atomic E-state index is 12.5. The lowest BCUT2D eigenvalue weighted by molar-refractivity contribution is 0.0740. The third-order valence-corrected chi connectivity index (χ3v) is 3.33. The number of thiol groups is 1. The molecule has 100 valence electrons. The lowest BCUT2D eigenvalue weighted by Crippen LogP contribution is -2.30. The van der Waals surface area contributed by atoms with E-state index >= 15 is 0 Å². The molecule has 0 atom stereocenters. The molecule has 0 bridgehead atoms. The molecule has 0 saturated carbocycles. The van der Waals surface area contributed by atoms with Crippen LogP contribution in [0.2, 0.25) is 0 Å². The first-order chi connectivity index (χ1) is 9.11. The minimum absolute atomic E-state index is 0.00676. The van der Waals surface area contributed by atoms with Gasteiger partial charge in [-0.15, -0.1) is 12.6 Å². The first-order valence-corrected chi connectivity index (χ1v) is 6.67. The summed E-state index contributed by atoms with van der Waals surface area (Å²) in [6.07, 6.45) is 1.62. The van der Waals surface area contributed by atoms with Crippen LogP contribution in [-0.4, -0.2) is 17.4 Å². The maximum Gasteiger partial charge on any atom is 0.254 e. The molecule has 0 radical (unpaired) electrons. The highest BCUT2D eigenvalue weighted by Gasteiger charge is 2.17. The summed E-state index contributed by atoms with van der Waals surface area (Å²) in [7, 11) is 0. The van der Waals surface area contributed by atoms with Crippen molar-refractivity contribution in [3.63, 3.8) is 0 Å². The molecule has 0 aliphatic carbocycles. The van der Waals surface area contributed by atoms with Crippen molar-refractivity contribution in [3.8, 4) is 0 Å². The fourth-order valence-electron chi connectivity index (χ4n) is 1.93. The van der Waals surface area contributed by atoms with Gasteiger partial charge in [0.25, 0.3) is 5.91 Å². The third kappa shape index (κ3) is 3.20. The van der Waals surface area contributed by atoms with Gasteiger partial charge in [-0.25, -0.2) is 0 Å². The number of nitrogens with zero attached hydrogens (tertiary/aromatic N) is 1. The van der Waals surface area contributed by atoms with Gasteiger partial charge in [0.1, 0.15) is 5.76 Å². The van der Waals surface area contributed by atoms with Crippen LogP contribution >= 0.6 is 12.6 Å². The van der Waals surface area contributed by atoms with Crippen LogP contribution < -0.4 is 0 Å². The van der Waals surface area contributed by atoms with E-state index in [1.807, 2.05) is 44.2 Å². The van der Waals surface area contributed by atoms with E-state index in [0.717, 1.165) is 16.2 Å². The summed E-state index contributed by atoms with van der Waals surface area (Å²) in [5, 5.41) is 0. The van der Waals surface area contributed by atoms with Crippen molar-refractivity contribution in [3.05, 3.63) is 53.5 Å². The Labute approximate surface area is 118 Å². The highest BCUT2D eigenvalue weighted by atomic mass is 32.1. The fraction of sp³-hybridized carbons (Fsp3) is 0.267. The topological polar surface area (TPSA) is 33.5 Å². The Hall–Kier alpha value is -1.68. The van der Waals surface area contributed by atoms with Crippen molar-refractivity contribution in [1.82, 2.24) is 4.90 Å². The molecule has 1 aromatic heterocycles. The van der Waals surface area contributed by atoms with Gasteiger partial charge in [-0.1, -0.05) is 6.07 Å². The number of amides is 1. The molecule has 3 nitrogen and oxygen atoms in total.